The predicted octanol–water partition coefficient (Wildman–Crippen LogP) is 2.36. The van der Waals surface area contributed by atoms with E-state index in [2.05, 4.69) is 18.0 Å². The quantitative estimate of drug-likeness (QED) is 0.758. The van der Waals surface area contributed by atoms with Gasteiger partial charge in [0.25, 0.3) is 0 Å². The topological polar surface area (TPSA) is 38.9 Å². The number of rotatable bonds is 5. The largest absolute Gasteiger partial charge is 0.328 e. The summed E-state index contributed by atoms with van der Waals surface area (Å²) in [5.74, 6) is 2.12. The molecule has 0 saturated heterocycles. The minimum Gasteiger partial charge on any atom is -0.328 e. The Balaban J connectivity index is 2.28. The van der Waals surface area contributed by atoms with Gasteiger partial charge in [-0.1, -0.05) is 6.07 Å². The van der Waals surface area contributed by atoms with Crippen molar-refractivity contribution in [2.24, 2.45) is 5.73 Å². The standard InChI is InChI=1S/C11H18N2S/c1-9-4-3-6-13-11(9)8-14-7-5-10(2)12/h3-4,6,10H,5,7-8,12H2,1-2H3. The molecule has 0 aliphatic rings. The fourth-order valence-corrected chi connectivity index (χ4v) is 2.29. The number of hydrogen-bond acceptors (Lipinski definition) is 3. The van der Waals surface area contributed by atoms with Crippen LogP contribution in [0.5, 0.6) is 0 Å². The number of thioether (sulfide) groups is 1. The molecule has 0 amide bonds. The molecule has 0 aromatic carbocycles. The lowest BCUT2D eigenvalue weighted by Crippen LogP contribution is -2.15. The van der Waals surface area contributed by atoms with E-state index in [9.17, 15) is 0 Å². The summed E-state index contributed by atoms with van der Waals surface area (Å²) in [6, 6.07) is 4.40. The molecule has 0 aliphatic heterocycles. The van der Waals surface area contributed by atoms with Crippen molar-refractivity contribution in [3.8, 4) is 0 Å². The van der Waals surface area contributed by atoms with Gasteiger partial charge in [-0.3, -0.25) is 4.98 Å². The number of nitrogens with zero attached hydrogens (tertiary/aromatic N) is 1. The summed E-state index contributed by atoms with van der Waals surface area (Å²) in [6.07, 6.45) is 2.94. The van der Waals surface area contributed by atoms with Crippen molar-refractivity contribution in [3.63, 3.8) is 0 Å². The van der Waals surface area contributed by atoms with Crippen LogP contribution in [0, 0.1) is 6.92 Å². The Morgan fingerprint density at radius 2 is 2.36 bits per heavy atom. The van der Waals surface area contributed by atoms with Gasteiger partial charge in [-0.25, -0.2) is 0 Å². The highest BCUT2D eigenvalue weighted by atomic mass is 32.2. The molecule has 0 fully saturated rings. The van der Waals surface area contributed by atoms with E-state index in [1.807, 2.05) is 30.9 Å². The van der Waals surface area contributed by atoms with E-state index in [4.69, 9.17) is 5.73 Å². The summed E-state index contributed by atoms with van der Waals surface area (Å²) in [6.45, 7) is 4.15. The van der Waals surface area contributed by atoms with Gasteiger partial charge in [0.1, 0.15) is 0 Å². The molecule has 1 heterocycles. The van der Waals surface area contributed by atoms with Crippen LogP contribution in [0.3, 0.4) is 0 Å². The van der Waals surface area contributed by atoms with E-state index in [0.717, 1.165) is 17.9 Å². The van der Waals surface area contributed by atoms with E-state index in [1.165, 1.54) is 11.3 Å². The molecular formula is C11H18N2S. The molecule has 1 aromatic rings. The van der Waals surface area contributed by atoms with Gasteiger partial charge in [0.2, 0.25) is 0 Å². The van der Waals surface area contributed by atoms with E-state index in [1.54, 1.807) is 0 Å². The molecule has 3 heteroatoms. The Hall–Kier alpha value is -0.540. The van der Waals surface area contributed by atoms with Gasteiger partial charge >= 0.3 is 0 Å². The molecule has 2 nitrogen and oxygen atoms in total. The molecule has 1 rings (SSSR count). The van der Waals surface area contributed by atoms with Crippen molar-refractivity contribution in [1.82, 2.24) is 4.98 Å². The molecule has 0 radical (unpaired) electrons. The maximum absolute atomic E-state index is 5.67. The van der Waals surface area contributed by atoms with E-state index < -0.39 is 0 Å². The molecule has 0 aliphatic carbocycles. The Labute approximate surface area is 90.3 Å². The summed E-state index contributed by atoms with van der Waals surface area (Å²) in [5, 5.41) is 0. The molecule has 14 heavy (non-hydrogen) atoms. The maximum atomic E-state index is 5.67. The summed E-state index contributed by atoms with van der Waals surface area (Å²) < 4.78 is 0. The Kier molecular flexibility index (Phi) is 4.98. The first-order valence-electron chi connectivity index (χ1n) is 4.94. The summed E-state index contributed by atoms with van der Waals surface area (Å²) in [7, 11) is 0. The van der Waals surface area contributed by atoms with Gasteiger partial charge in [0, 0.05) is 18.0 Å². The molecule has 0 bridgehead atoms. The van der Waals surface area contributed by atoms with E-state index in [0.29, 0.717) is 6.04 Å². The fourth-order valence-electron chi connectivity index (χ4n) is 1.11. The summed E-state index contributed by atoms with van der Waals surface area (Å²) >= 11 is 1.91. The normalized spacial score (nSPS) is 12.8. The molecule has 1 unspecified atom stereocenters. The average Bonchev–Trinajstić information content (AvgIpc) is 2.15. The number of aryl methyl sites for hydroxylation is 1. The first-order chi connectivity index (χ1) is 6.70. The van der Waals surface area contributed by atoms with Crippen LogP contribution in [0.2, 0.25) is 0 Å². The monoisotopic (exact) mass is 210 g/mol. The van der Waals surface area contributed by atoms with Crippen LogP contribution in [-0.2, 0) is 5.75 Å². The lowest BCUT2D eigenvalue weighted by molar-refractivity contribution is 0.721. The van der Waals surface area contributed by atoms with Gasteiger partial charge in [-0.05, 0) is 37.7 Å². The van der Waals surface area contributed by atoms with Crippen LogP contribution < -0.4 is 5.73 Å². The molecule has 0 spiro atoms. The molecule has 1 atom stereocenters. The minimum atomic E-state index is 0.312. The Morgan fingerprint density at radius 3 is 3.00 bits per heavy atom. The van der Waals surface area contributed by atoms with Crippen molar-refractivity contribution in [2.45, 2.75) is 32.1 Å². The van der Waals surface area contributed by atoms with Crippen LogP contribution in [-0.4, -0.2) is 16.8 Å². The smallest absolute Gasteiger partial charge is 0.0531 e. The predicted molar refractivity (Wildman–Crippen MR) is 63.4 cm³/mol. The second-order valence-corrected chi connectivity index (χ2v) is 4.69. The van der Waals surface area contributed by atoms with Crippen LogP contribution in [0.1, 0.15) is 24.6 Å². The summed E-state index contributed by atoms with van der Waals surface area (Å²) in [4.78, 5) is 4.34. The second-order valence-electron chi connectivity index (χ2n) is 3.59. The van der Waals surface area contributed by atoms with Crippen molar-refractivity contribution < 1.29 is 0 Å². The highest BCUT2D eigenvalue weighted by Crippen LogP contribution is 2.14. The zero-order valence-electron chi connectivity index (χ0n) is 8.86. The third-order valence-corrected chi connectivity index (χ3v) is 3.08. The maximum Gasteiger partial charge on any atom is 0.0531 e. The third-order valence-electron chi connectivity index (χ3n) is 2.07. The van der Waals surface area contributed by atoms with E-state index in [-0.39, 0.29) is 0 Å². The lowest BCUT2D eigenvalue weighted by atomic mass is 10.2. The van der Waals surface area contributed by atoms with Crippen molar-refractivity contribution in [1.29, 1.82) is 0 Å². The van der Waals surface area contributed by atoms with Gasteiger partial charge in [-0.15, -0.1) is 0 Å². The number of aromatic nitrogens is 1. The van der Waals surface area contributed by atoms with Crippen LogP contribution in [0.25, 0.3) is 0 Å². The van der Waals surface area contributed by atoms with Crippen molar-refractivity contribution in [2.75, 3.05) is 5.75 Å². The zero-order chi connectivity index (χ0) is 10.4. The van der Waals surface area contributed by atoms with E-state index >= 15 is 0 Å². The van der Waals surface area contributed by atoms with Crippen LogP contribution in [0.15, 0.2) is 18.3 Å². The molecule has 2 N–H and O–H groups in total. The van der Waals surface area contributed by atoms with Crippen LogP contribution >= 0.6 is 11.8 Å². The second kappa shape index (κ2) is 6.04. The fraction of sp³-hybridized carbons (Fsp3) is 0.545. The summed E-state index contributed by atoms with van der Waals surface area (Å²) in [5.41, 5.74) is 8.15. The number of nitrogens with two attached hydrogens (primary N) is 1. The average molecular weight is 210 g/mol. The SMILES string of the molecule is Cc1cccnc1CSCCC(C)N. The first kappa shape index (κ1) is 11.5. The Morgan fingerprint density at radius 1 is 1.57 bits per heavy atom. The third kappa shape index (κ3) is 4.11. The van der Waals surface area contributed by atoms with Crippen LogP contribution in [0.4, 0.5) is 0 Å². The zero-order valence-corrected chi connectivity index (χ0v) is 9.68. The first-order valence-corrected chi connectivity index (χ1v) is 6.09. The molecule has 0 saturated carbocycles. The molecular weight excluding hydrogens is 192 g/mol. The molecule has 78 valence electrons. The highest BCUT2D eigenvalue weighted by Gasteiger charge is 1.99. The molecule has 1 aromatic heterocycles. The number of hydrogen-bond donors (Lipinski definition) is 1. The van der Waals surface area contributed by atoms with Gasteiger partial charge in [0.15, 0.2) is 0 Å². The van der Waals surface area contributed by atoms with Crippen molar-refractivity contribution >= 4 is 11.8 Å². The number of pyridine rings is 1. The van der Waals surface area contributed by atoms with Gasteiger partial charge < -0.3 is 5.73 Å². The lowest BCUT2D eigenvalue weighted by Gasteiger charge is -2.05. The van der Waals surface area contributed by atoms with Gasteiger partial charge in [0.05, 0.1) is 5.69 Å². The highest BCUT2D eigenvalue weighted by molar-refractivity contribution is 7.98. The van der Waals surface area contributed by atoms with Crippen molar-refractivity contribution in [3.05, 3.63) is 29.6 Å². The van der Waals surface area contributed by atoms with Gasteiger partial charge in [-0.2, -0.15) is 11.8 Å². The Bertz CT molecular complexity index is 274. The minimum absolute atomic E-state index is 0.312.